The second kappa shape index (κ2) is 7.69. The summed E-state index contributed by atoms with van der Waals surface area (Å²) in [6.45, 7) is 3.50. The number of nitrogens with zero attached hydrogens (tertiary/aromatic N) is 3. The summed E-state index contributed by atoms with van der Waals surface area (Å²) in [6, 6.07) is 10.4. The van der Waals surface area contributed by atoms with E-state index in [2.05, 4.69) is 20.9 Å². The Labute approximate surface area is 155 Å². The van der Waals surface area contributed by atoms with Crippen LogP contribution in [0.15, 0.2) is 58.4 Å². The molecule has 27 heavy (non-hydrogen) atoms. The van der Waals surface area contributed by atoms with E-state index in [0.29, 0.717) is 28.4 Å². The summed E-state index contributed by atoms with van der Waals surface area (Å²) in [6.07, 6.45) is 3.02. The van der Waals surface area contributed by atoms with Crippen LogP contribution in [0.4, 0.5) is 5.69 Å². The molecule has 0 aliphatic rings. The predicted octanol–water partition coefficient (Wildman–Crippen LogP) is 2.73. The zero-order chi connectivity index (χ0) is 19.4. The van der Waals surface area contributed by atoms with E-state index in [0.717, 1.165) is 5.56 Å². The van der Waals surface area contributed by atoms with Crippen LogP contribution < -0.4 is 10.7 Å². The lowest BCUT2D eigenvalue weighted by molar-refractivity contribution is 0.0952. The topological polar surface area (TPSA) is 102 Å². The molecule has 0 fully saturated rings. The van der Waals surface area contributed by atoms with Gasteiger partial charge >= 0.3 is 0 Å². The zero-order valence-corrected chi connectivity index (χ0v) is 15.2. The SMILES string of the molecule is C/C(=N/NC(=O)c1ccoc1C)c1ccc(NC(=O)c2ccnn2C)cc1. The third kappa shape index (κ3) is 4.12. The molecule has 3 rings (SSSR count). The molecule has 2 N–H and O–H groups in total. The van der Waals surface area contributed by atoms with Gasteiger partial charge in [0.15, 0.2) is 0 Å². The summed E-state index contributed by atoms with van der Waals surface area (Å²) in [5.74, 6) is -0.0367. The van der Waals surface area contributed by atoms with Crippen LogP contribution in [0.1, 0.15) is 39.1 Å². The fourth-order valence-corrected chi connectivity index (χ4v) is 2.47. The highest BCUT2D eigenvalue weighted by atomic mass is 16.3. The van der Waals surface area contributed by atoms with Crippen LogP contribution in [0.5, 0.6) is 0 Å². The number of anilines is 1. The van der Waals surface area contributed by atoms with Gasteiger partial charge in [-0.25, -0.2) is 5.43 Å². The third-order valence-electron chi connectivity index (χ3n) is 4.04. The van der Waals surface area contributed by atoms with Crippen molar-refractivity contribution in [2.45, 2.75) is 13.8 Å². The molecule has 0 aliphatic carbocycles. The molecule has 0 spiro atoms. The van der Waals surface area contributed by atoms with Gasteiger partial charge in [-0.3, -0.25) is 14.3 Å². The Morgan fingerprint density at radius 3 is 2.44 bits per heavy atom. The van der Waals surface area contributed by atoms with Gasteiger partial charge in [0.2, 0.25) is 0 Å². The molecule has 0 saturated carbocycles. The first-order valence-electron chi connectivity index (χ1n) is 8.24. The zero-order valence-electron chi connectivity index (χ0n) is 15.2. The largest absolute Gasteiger partial charge is 0.469 e. The minimum Gasteiger partial charge on any atom is -0.469 e. The standard InChI is InChI=1S/C19H19N5O3/c1-12(22-23-18(25)16-9-11-27-13(16)2)14-4-6-15(7-5-14)21-19(26)17-8-10-20-24(17)3/h4-11H,1-3H3,(H,21,26)(H,23,25)/b22-12-. The van der Waals surface area contributed by atoms with Gasteiger partial charge in [-0.15, -0.1) is 0 Å². The Bertz CT molecular complexity index is 999. The highest BCUT2D eigenvalue weighted by molar-refractivity contribution is 6.04. The number of hydrogen-bond acceptors (Lipinski definition) is 5. The van der Waals surface area contributed by atoms with Gasteiger partial charge < -0.3 is 9.73 Å². The number of hydrazone groups is 1. The fraction of sp³-hybridized carbons (Fsp3) is 0.158. The molecule has 0 saturated heterocycles. The number of nitrogens with one attached hydrogen (secondary N) is 2. The number of hydrogen-bond donors (Lipinski definition) is 2. The number of carbonyl (C=O) groups is 2. The predicted molar refractivity (Wildman–Crippen MR) is 101 cm³/mol. The van der Waals surface area contributed by atoms with Gasteiger partial charge in [0.05, 0.1) is 17.5 Å². The van der Waals surface area contributed by atoms with E-state index in [4.69, 9.17) is 4.42 Å². The Hall–Kier alpha value is -3.68. The second-order valence-electron chi connectivity index (χ2n) is 5.90. The third-order valence-corrected chi connectivity index (χ3v) is 4.04. The summed E-state index contributed by atoms with van der Waals surface area (Å²) in [5.41, 5.74) is 5.52. The van der Waals surface area contributed by atoms with E-state index in [-0.39, 0.29) is 11.8 Å². The second-order valence-corrected chi connectivity index (χ2v) is 5.90. The van der Waals surface area contributed by atoms with Gasteiger partial charge in [0, 0.05) is 18.9 Å². The molecule has 0 aliphatic heterocycles. The van der Waals surface area contributed by atoms with Crippen LogP contribution in [-0.4, -0.2) is 27.3 Å². The molecule has 2 heterocycles. The van der Waals surface area contributed by atoms with Crippen molar-refractivity contribution in [2.75, 3.05) is 5.32 Å². The van der Waals surface area contributed by atoms with Crippen molar-refractivity contribution in [1.82, 2.24) is 15.2 Å². The molecule has 0 atom stereocenters. The van der Waals surface area contributed by atoms with E-state index in [1.54, 1.807) is 51.4 Å². The number of carbonyl (C=O) groups excluding carboxylic acids is 2. The minimum atomic E-state index is -0.333. The van der Waals surface area contributed by atoms with Gasteiger partial charge in [-0.2, -0.15) is 10.2 Å². The Kier molecular flexibility index (Phi) is 5.16. The Morgan fingerprint density at radius 2 is 1.85 bits per heavy atom. The average molecular weight is 365 g/mol. The molecule has 2 amide bonds. The first-order chi connectivity index (χ1) is 13.0. The molecule has 0 radical (unpaired) electrons. The van der Waals surface area contributed by atoms with E-state index in [9.17, 15) is 9.59 Å². The molecule has 1 aromatic carbocycles. The molecule has 3 aromatic rings. The highest BCUT2D eigenvalue weighted by Gasteiger charge is 2.11. The number of amides is 2. The molecule has 138 valence electrons. The molecule has 0 bridgehead atoms. The van der Waals surface area contributed by atoms with Gasteiger partial charge in [-0.05, 0) is 43.7 Å². The van der Waals surface area contributed by atoms with Crippen LogP contribution in [0, 0.1) is 6.92 Å². The smallest absolute Gasteiger partial charge is 0.274 e. The summed E-state index contributed by atoms with van der Waals surface area (Å²) in [4.78, 5) is 24.2. The van der Waals surface area contributed by atoms with Crippen molar-refractivity contribution in [3.63, 3.8) is 0 Å². The van der Waals surface area contributed by atoms with Crippen LogP contribution in [0.25, 0.3) is 0 Å². The molecular weight excluding hydrogens is 346 g/mol. The van der Waals surface area contributed by atoms with Crippen molar-refractivity contribution in [1.29, 1.82) is 0 Å². The molecule has 8 heteroatoms. The van der Waals surface area contributed by atoms with Crippen molar-refractivity contribution >= 4 is 23.2 Å². The normalized spacial score (nSPS) is 11.3. The van der Waals surface area contributed by atoms with E-state index in [1.165, 1.54) is 10.9 Å². The quantitative estimate of drug-likeness (QED) is 0.536. The summed E-state index contributed by atoms with van der Waals surface area (Å²) >= 11 is 0. The van der Waals surface area contributed by atoms with Crippen LogP contribution in [0.2, 0.25) is 0 Å². The molecular formula is C19H19N5O3. The number of benzene rings is 1. The molecule has 0 unspecified atom stereocenters. The number of aromatic nitrogens is 2. The van der Waals surface area contributed by atoms with Crippen molar-refractivity contribution in [3.8, 4) is 0 Å². The lowest BCUT2D eigenvalue weighted by Crippen LogP contribution is -2.19. The van der Waals surface area contributed by atoms with Gasteiger partial charge in [0.25, 0.3) is 11.8 Å². The van der Waals surface area contributed by atoms with Crippen molar-refractivity contribution < 1.29 is 14.0 Å². The van der Waals surface area contributed by atoms with Crippen LogP contribution in [0.3, 0.4) is 0 Å². The number of aryl methyl sites for hydroxylation is 2. The maximum atomic E-state index is 12.2. The highest BCUT2D eigenvalue weighted by Crippen LogP contribution is 2.12. The maximum Gasteiger partial charge on any atom is 0.274 e. The summed E-state index contributed by atoms with van der Waals surface area (Å²) < 4.78 is 6.61. The van der Waals surface area contributed by atoms with E-state index < -0.39 is 0 Å². The summed E-state index contributed by atoms with van der Waals surface area (Å²) in [7, 11) is 1.71. The molecule has 8 nitrogen and oxygen atoms in total. The number of furan rings is 1. The van der Waals surface area contributed by atoms with E-state index in [1.807, 2.05) is 12.1 Å². The Morgan fingerprint density at radius 1 is 1.11 bits per heavy atom. The van der Waals surface area contributed by atoms with Gasteiger partial charge in [0.1, 0.15) is 11.5 Å². The number of rotatable bonds is 5. The molecule has 2 aromatic heterocycles. The monoisotopic (exact) mass is 365 g/mol. The Balaban J connectivity index is 1.64. The van der Waals surface area contributed by atoms with Crippen molar-refractivity contribution in [3.05, 3.63) is 71.4 Å². The van der Waals surface area contributed by atoms with E-state index >= 15 is 0 Å². The van der Waals surface area contributed by atoms with Crippen molar-refractivity contribution in [2.24, 2.45) is 12.1 Å². The average Bonchev–Trinajstić information content (AvgIpc) is 3.28. The lowest BCUT2D eigenvalue weighted by Gasteiger charge is -2.07. The fourth-order valence-electron chi connectivity index (χ4n) is 2.47. The maximum absolute atomic E-state index is 12.2. The first kappa shape index (κ1) is 18.1. The van der Waals surface area contributed by atoms with Crippen LogP contribution in [-0.2, 0) is 7.05 Å². The summed E-state index contributed by atoms with van der Waals surface area (Å²) in [5, 5.41) is 10.9. The first-order valence-corrected chi connectivity index (χ1v) is 8.24. The van der Waals surface area contributed by atoms with Gasteiger partial charge in [-0.1, -0.05) is 12.1 Å². The van der Waals surface area contributed by atoms with Crippen LogP contribution >= 0.6 is 0 Å². The lowest BCUT2D eigenvalue weighted by atomic mass is 10.1. The minimum absolute atomic E-state index is 0.240.